The lowest BCUT2D eigenvalue weighted by Gasteiger charge is -2.32. The first-order valence-electron chi connectivity index (χ1n) is 8.34. The lowest BCUT2D eigenvalue weighted by atomic mass is 9.91. The molecule has 1 aliphatic heterocycles. The van der Waals surface area contributed by atoms with Gasteiger partial charge in [-0.2, -0.15) is 0 Å². The van der Waals surface area contributed by atoms with Crippen molar-refractivity contribution in [2.24, 2.45) is 5.92 Å². The van der Waals surface area contributed by atoms with Crippen molar-refractivity contribution in [2.75, 3.05) is 13.7 Å². The summed E-state index contributed by atoms with van der Waals surface area (Å²) in [5, 5.41) is 3.43. The molecule has 1 aromatic rings. The Balaban J connectivity index is 0.00000192. The molecule has 0 unspecified atom stereocenters. The molecule has 2 aliphatic rings. The number of nitrogens with zero attached hydrogens (tertiary/aromatic N) is 1. The van der Waals surface area contributed by atoms with Gasteiger partial charge in [-0.3, -0.25) is 4.79 Å². The van der Waals surface area contributed by atoms with E-state index in [0.29, 0.717) is 24.5 Å². The molecule has 2 atom stereocenters. The summed E-state index contributed by atoms with van der Waals surface area (Å²) in [6, 6.07) is 8.89. The molecule has 1 heterocycles. The van der Waals surface area contributed by atoms with Crippen molar-refractivity contribution in [1.82, 2.24) is 10.2 Å². The van der Waals surface area contributed by atoms with Crippen molar-refractivity contribution < 1.29 is 9.53 Å². The first-order valence-corrected chi connectivity index (χ1v) is 8.34. The number of rotatable bonds is 5. The highest BCUT2D eigenvalue weighted by atomic mass is 35.5. The summed E-state index contributed by atoms with van der Waals surface area (Å²) >= 11 is 0. The molecular weight excluding hydrogens is 312 g/mol. The van der Waals surface area contributed by atoms with Gasteiger partial charge in [0.15, 0.2) is 0 Å². The normalized spacial score (nSPS) is 23.7. The Morgan fingerprint density at radius 2 is 2.04 bits per heavy atom. The van der Waals surface area contributed by atoms with Crippen LogP contribution in [-0.4, -0.2) is 36.5 Å². The van der Waals surface area contributed by atoms with E-state index in [1.54, 1.807) is 7.11 Å². The van der Waals surface area contributed by atoms with Crippen LogP contribution in [-0.2, 0) is 11.3 Å². The van der Waals surface area contributed by atoms with Crippen LogP contribution >= 0.6 is 12.4 Å². The molecule has 2 fully saturated rings. The number of carbonyl (C=O) groups excluding carboxylic acids is 1. The van der Waals surface area contributed by atoms with Crippen molar-refractivity contribution in [3.8, 4) is 5.75 Å². The Morgan fingerprint density at radius 1 is 1.30 bits per heavy atom. The number of nitrogens with one attached hydrogen (secondary N) is 1. The SMILES string of the molecule is COc1ccccc1CN(C(=O)[C@H]1CCN[C@@H](C)C1)C1CC1.Cl. The van der Waals surface area contributed by atoms with Crippen LogP contribution in [0.15, 0.2) is 24.3 Å². The third kappa shape index (κ3) is 4.39. The molecule has 1 aliphatic carbocycles. The number of ether oxygens (including phenoxy) is 1. The first kappa shape index (κ1) is 18.1. The van der Waals surface area contributed by atoms with E-state index < -0.39 is 0 Å². The minimum Gasteiger partial charge on any atom is -0.496 e. The molecule has 0 aromatic heterocycles. The highest BCUT2D eigenvalue weighted by molar-refractivity contribution is 5.85. The Bertz CT molecular complexity index is 534. The molecule has 4 nitrogen and oxygen atoms in total. The second kappa shape index (κ2) is 8.02. The third-order valence-electron chi connectivity index (χ3n) is 4.78. The lowest BCUT2D eigenvalue weighted by Crippen LogP contribution is -2.44. The van der Waals surface area contributed by atoms with Gasteiger partial charge in [0.05, 0.1) is 7.11 Å². The number of benzene rings is 1. The number of hydrogen-bond acceptors (Lipinski definition) is 3. The lowest BCUT2D eigenvalue weighted by molar-refractivity contribution is -0.138. The fourth-order valence-corrected chi connectivity index (χ4v) is 3.38. The van der Waals surface area contributed by atoms with E-state index in [-0.39, 0.29) is 18.3 Å². The van der Waals surface area contributed by atoms with Crippen molar-refractivity contribution >= 4 is 18.3 Å². The first-order chi connectivity index (χ1) is 10.7. The standard InChI is InChI=1S/C18H26N2O2.ClH/c1-13-11-14(9-10-19-13)18(21)20(16-7-8-16)12-15-5-3-4-6-17(15)22-2;/h3-6,13-14,16,19H,7-12H2,1-2H3;1H/t13-,14-;/m0./s1. The van der Waals surface area contributed by atoms with Gasteiger partial charge >= 0.3 is 0 Å². The number of hydrogen-bond donors (Lipinski definition) is 1. The molecule has 0 radical (unpaired) electrons. The molecule has 128 valence electrons. The van der Waals surface area contributed by atoms with Gasteiger partial charge in [0.25, 0.3) is 0 Å². The van der Waals surface area contributed by atoms with E-state index in [1.165, 1.54) is 0 Å². The van der Waals surface area contributed by atoms with E-state index in [2.05, 4.69) is 23.2 Å². The summed E-state index contributed by atoms with van der Waals surface area (Å²) in [6.07, 6.45) is 4.19. The second-order valence-electron chi connectivity index (χ2n) is 6.59. The molecule has 1 N–H and O–H groups in total. The van der Waals surface area contributed by atoms with Gasteiger partial charge < -0.3 is 15.0 Å². The van der Waals surface area contributed by atoms with Gasteiger partial charge in [-0.25, -0.2) is 0 Å². The number of methoxy groups -OCH3 is 1. The molecule has 23 heavy (non-hydrogen) atoms. The molecule has 1 saturated carbocycles. The minimum atomic E-state index is 0. The van der Waals surface area contributed by atoms with Crippen LogP contribution in [0.2, 0.25) is 0 Å². The second-order valence-corrected chi connectivity index (χ2v) is 6.59. The topological polar surface area (TPSA) is 41.6 Å². The van der Waals surface area contributed by atoms with Gasteiger partial charge in [0.1, 0.15) is 5.75 Å². The van der Waals surface area contributed by atoms with Crippen LogP contribution in [0.3, 0.4) is 0 Å². The molecule has 1 saturated heterocycles. The van der Waals surface area contributed by atoms with Crippen LogP contribution in [0, 0.1) is 5.92 Å². The van der Waals surface area contributed by atoms with Crippen molar-refractivity contribution in [3.63, 3.8) is 0 Å². The average Bonchev–Trinajstić information content (AvgIpc) is 3.37. The van der Waals surface area contributed by atoms with Gasteiger partial charge in [-0.05, 0) is 45.2 Å². The zero-order chi connectivity index (χ0) is 15.5. The Morgan fingerprint density at radius 3 is 2.70 bits per heavy atom. The zero-order valence-electron chi connectivity index (χ0n) is 14.0. The average molecular weight is 339 g/mol. The van der Waals surface area contributed by atoms with Crippen molar-refractivity contribution in [3.05, 3.63) is 29.8 Å². The van der Waals surface area contributed by atoms with Crippen LogP contribution in [0.5, 0.6) is 5.75 Å². The number of piperidine rings is 1. The van der Waals surface area contributed by atoms with E-state index in [1.807, 2.05) is 18.2 Å². The van der Waals surface area contributed by atoms with Crippen LogP contribution in [0.4, 0.5) is 0 Å². The maximum Gasteiger partial charge on any atom is 0.226 e. The highest BCUT2D eigenvalue weighted by Gasteiger charge is 2.37. The summed E-state index contributed by atoms with van der Waals surface area (Å²) in [5.74, 6) is 1.38. The summed E-state index contributed by atoms with van der Waals surface area (Å²) < 4.78 is 5.44. The van der Waals surface area contributed by atoms with Gasteiger partial charge in [-0.15, -0.1) is 12.4 Å². The summed E-state index contributed by atoms with van der Waals surface area (Å²) in [5.41, 5.74) is 1.10. The maximum atomic E-state index is 13.0. The van der Waals surface area contributed by atoms with Crippen LogP contribution in [0.1, 0.15) is 38.2 Å². The highest BCUT2D eigenvalue weighted by Crippen LogP contribution is 2.33. The maximum absolute atomic E-state index is 13.0. The van der Waals surface area contributed by atoms with E-state index >= 15 is 0 Å². The molecular formula is C18H27ClN2O2. The number of carbonyl (C=O) groups is 1. The summed E-state index contributed by atoms with van der Waals surface area (Å²) in [7, 11) is 1.69. The van der Waals surface area contributed by atoms with Crippen LogP contribution < -0.4 is 10.1 Å². The van der Waals surface area contributed by atoms with Crippen molar-refractivity contribution in [2.45, 2.75) is 51.2 Å². The van der Waals surface area contributed by atoms with Crippen LogP contribution in [0.25, 0.3) is 0 Å². The number of amides is 1. The fraction of sp³-hybridized carbons (Fsp3) is 0.611. The monoisotopic (exact) mass is 338 g/mol. The predicted molar refractivity (Wildman–Crippen MR) is 94.0 cm³/mol. The summed E-state index contributed by atoms with van der Waals surface area (Å²) in [6.45, 7) is 3.79. The fourth-order valence-electron chi connectivity index (χ4n) is 3.38. The number of para-hydroxylation sites is 1. The smallest absolute Gasteiger partial charge is 0.226 e. The quantitative estimate of drug-likeness (QED) is 0.897. The predicted octanol–water partition coefficient (Wildman–Crippen LogP) is 3.00. The summed E-state index contributed by atoms with van der Waals surface area (Å²) in [4.78, 5) is 15.1. The number of halogens is 1. The Kier molecular flexibility index (Phi) is 6.31. The van der Waals surface area contributed by atoms with E-state index in [0.717, 1.165) is 43.5 Å². The van der Waals surface area contributed by atoms with E-state index in [4.69, 9.17) is 4.74 Å². The molecule has 5 heteroatoms. The van der Waals surface area contributed by atoms with Gasteiger partial charge in [0, 0.05) is 30.1 Å². The van der Waals surface area contributed by atoms with Gasteiger partial charge in [0.2, 0.25) is 5.91 Å². The molecule has 3 rings (SSSR count). The largest absolute Gasteiger partial charge is 0.496 e. The molecule has 0 bridgehead atoms. The van der Waals surface area contributed by atoms with Gasteiger partial charge in [-0.1, -0.05) is 18.2 Å². The zero-order valence-corrected chi connectivity index (χ0v) is 14.8. The molecule has 1 amide bonds. The Hall–Kier alpha value is -1.26. The Labute approximate surface area is 145 Å². The molecule has 0 spiro atoms. The van der Waals surface area contributed by atoms with Crippen molar-refractivity contribution in [1.29, 1.82) is 0 Å². The van der Waals surface area contributed by atoms with E-state index in [9.17, 15) is 4.79 Å². The molecule has 1 aromatic carbocycles. The third-order valence-corrected chi connectivity index (χ3v) is 4.78. The minimum absolute atomic E-state index is 0.